The number of piperazine rings is 1. The summed E-state index contributed by atoms with van der Waals surface area (Å²) in [6, 6.07) is 8.07. The van der Waals surface area contributed by atoms with Crippen molar-refractivity contribution in [2.75, 3.05) is 39.0 Å². The average Bonchev–Trinajstić information content (AvgIpc) is 2.66. The van der Waals surface area contributed by atoms with E-state index in [0.717, 1.165) is 31.7 Å². The summed E-state index contributed by atoms with van der Waals surface area (Å²) in [4.78, 5) is 20.7. The summed E-state index contributed by atoms with van der Waals surface area (Å²) < 4.78 is 5.44. The highest BCUT2D eigenvalue weighted by Gasteiger charge is 2.25. The van der Waals surface area contributed by atoms with Gasteiger partial charge in [0.15, 0.2) is 11.4 Å². The highest BCUT2D eigenvalue weighted by Crippen LogP contribution is 2.16. The number of nitrogens with one attached hydrogen (secondary N) is 1. The first-order valence-corrected chi connectivity index (χ1v) is 10.6. The SMILES string of the molecule is CSC(=Nc1ccc(CCN2CCN(C(=O)OC(C)(C)C)CC2)cc1)NC#N. The van der Waals surface area contributed by atoms with Crippen LogP contribution < -0.4 is 5.32 Å². The van der Waals surface area contributed by atoms with Gasteiger partial charge in [-0.1, -0.05) is 23.9 Å². The van der Waals surface area contributed by atoms with Crippen LogP contribution in [0, 0.1) is 11.5 Å². The van der Waals surface area contributed by atoms with Crippen LogP contribution in [-0.4, -0.2) is 65.6 Å². The maximum Gasteiger partial charge on any atom is 0.410 e. The van der Waals surface area contributed by atoms with Crippen LogP contribution in [-0.2, 0) is 11.2 Å². The van der Waals surface area contributed by atoms with Crippen LogP contribution >= 0.6 is 11.8 Å². The molecule has 1 aliphatic rings. The number of amidine groups is 1. The lowest BCUT2D eigenvalue weighted by Gasteiger charge is -2.35. The predicted octanol–water partition coefficient (Wildman–Crippen LogP) is 3.20. The van der Waals surface area contributed by atoms with Crippen molar-refractivity contribution in [3.05, 3.63) is 29.8 Å². The van der Waals surface area contributed by atoms with Gasteiger partial charge in [-0.15, -0.1) is 0 Å². The van der Waals surface area contributed by atoms with Gasteiger partial charge in [0.25, 0.3) is 0 Å². The zero-order valence-electron chi connectivity index (χ0n) is 17.1. The Morgan fingerprint density at radius 3 is 2.43 bits per heavy atom. The van der Waals surface area contributed by atoms with Gasteiger partial charge in [0.1, 0.15) is 5.60 Å². The van der Waals surface area contributed by atoms with Crippen molar-refractivity contribution < 1.29 is 9.53 Å². The van der Waals surface area contributed by atoms with Crippen molar-refractivity contribution in [3.8, 4) is 6.19 Å². The van der Waals surface area contributed by atoms with E-state index in [2.05, 4.69) is 27.3 Å². The topological polar surface area (TPSA) is 81.0 Å². The van der Waals surface area contributed by atoms with Gasteiger partial charge in [-0.05, 0) is 51.1 Å². The fourth-order valence-corrected chi connectivity index (χ4v) is 3.14. The van der Waals surface area contributed by atoms with E-state index in [0.29, 0.717) is 18.3 Å². The molecular weight excluding hydrogens is 374 g/mol. The smallest absolute Gasteiger partial charge is 0.410 e. The maximum absolute atomic E-state index is 12.1. The van der Waals surface area contributed by atoms with Gasteiger partial charge in [0.2, 0.25) is 0 Å². The normalized spacial score (nSPS) is 15.8. The lowest BCUT2D eigenvalue weighted by atomic mass is 10.1. The van der Waals surface area contributed by atoms with Gasteiger partial charge in [-0.2, -0.15) is 5.26 Å². The van der Waals surface area contributed by atoms with Crippen LogP contribution in [0.4, 0.5) is 10.5 Å². The molecule has 0 atom stereocenters. The molecule has 0 radical (unpaired) electrons. The second-order valence-corrected chi connectivity index (χ2v) is 8.38. The fraction of sp³-hybridized carbons (Fsp3) is 0.550. The van der Waals surface area contributed by atoms with Crippen LogP contribution in [0.15, 0.2) is 29.3 Å². The summed E-state index contributed by atoms with van der Waals surface area (Å²) in [5.74, 6) is 0. The molecule has 1 amide bonds. The molecule has 0 saturated carbocycles. The number of ether oxygens (including phenoxy) is 1. The number of nitriles is 1. The van der Waals surface area contributed by atoms with E-state index in [1.54, 1.807) is 4.90 Å². The second-order valence-electron chi connectivity index (χ2n) is 7.58. The Morgan fingerprint density at radius 2 is 1.89 bits per heavy atom. The fourth-order valence-electron chi connectivity index (χ4n) is 2.79. The Labute approximate surface area is 171 Å². The van der Waals surface area contributed by atoms with E-state index in [1.165, 1.54) is 17.3 Å². The Balaban J connectivity index is 1.78. The summed E-state index contributed by atoms with van der Waals surface area (Å²) in [5, 5.41) is 11.8. The zero-order valence-corrected chi connectivity index (χ0v) is 17.9. The molecule has 1 fully saturated rings. The molecule has 0 aromatic heterocycles. The predicted molar refractivity (Wildman–Crippen MR) is 114 cm³/mol. The number of nitrogens with zero attached hydrogens (tertiary/aromatic N) is 4. The second kappa shape index (κ2) is 10.3. The molecule has 8 heteroatoms. The first-order valence-electron chi connectivity index (χ1n) is 9.38. The van der Waals surface area contributed by atoms with Gasteiger partial charge < -0.3 is 9.64 Å². The maximum atomic E-state index is 12.1. The lowest BCUT2D eigenvalue weighted by Crippen LogP contribution is -2.50. The number of benzene rings is 1. The molecule has 7 nitrogen and oxygen atoms in total. The number of carbonyl (C=O) groups is 1. The third-order valence-electron chi connectivity index (χ3n) is 4.26. The van der Waals surface area contributed by atoms with Gasteiger partial charge in [-0.3, -0.25) is 10.2 Å². The molecule has 0 unspecified atom stereocenters. The van der Waals surface area contributed by atoms with E-state index in [-0.39, 0.29) is 6.09 Å². The van der Waals surface area contributed by atoms with E-state index < -0.39 is 5.60 Å². The van der Waals surface area contributed by atoms with E-state index in [9.17, 15) is 4.79 Å². The zero-order chi connectivity index (χ0) is 20.6. The lowest BCUT2D eigenvalue weighted by molar-refractivity contribution is 0.0146. The van der Waals surface area contributed by atoms with Crippen molar-refractivity contribution in [3.63, 3.8) is 0 Å². The van der Waals surface area contributed by atoms with E-state index in [4.69, 9.17) is 10.00 Å². The molecule has 1 heterocycles. The number of aliphatic imine (C=N–C) groups is 1. The molecular formula is C20H29N5O2S. The number of rotatable bonds is 4. The third kappa shape index (κ3) is 7.41. The minimum Gasteiger partial charge on any atom is -0.444 e. The largest absolute Gasteiger partial charge is 0.444 e. The van der Waals surface area contributed by atoms with E-state index in [1.807, 2.05) is 45.4 Å². The molecule has 1 aromatic carbocycles. The number of thioether (sulfide) groups is 1. The number of hydrogen-bond donors (Lipinski definition) is 1. The Hall–Kier alpha value is -2.24. The number of carbonyl (C=O) groups excluding carboxylic acids is 1. The van der Waals surface area contributed by atoms with E-state index >= 15 is 0 Å². The van der Waals surface area contributed by atoms with Gasteiger partial charge in [0.05, 0.1) is 5.69 Å². The standard InChI is InChI=1S/C20H29N5O2S/c1-20(2,3)27-19(26)25-13-11-24(12-14-25)10-9-16-5-7-17(8-6-16)23-18(28-4)22-15-21/h5-8H,9-14H2,1-4H3,(H,22,23). The number of amides is 1. The molecule has 1 aliphatic heterocycles. The Kier molecular flexibility index (Phi) is 8.15. The highest BCUT2D eigenvalue weighted by molar-refractivity contribution is 8.13. The summed E-state index contributed by atoms with van der Waals surface area (Å²) in [7, 11) is 0. The van der Waals surface area contributed by atoms with Crippen LogP contribution in [0.1, 0.15) is 26.3 Å². The minimum atomic E-state index is -0.453. The average molecular weight is 404 g/mol. The van der Waals surface area contributed by atoms with Crippen LogP contribution in [0.2, 0.25) is 0 Å². The summed E-state index contributed by atoms with van der Waals surface area (Å²) in [6.07, 6.45) is 4.49. The molecule has 0 aliphatic carbocycles. The van der Waals surface area contributed by atoms with Crippen molar-refractivity contribution in [1.29, 1.82) is 5.26 Å². The molecule has 1 saturated heterocycles. The Morgan fingerprint density at radius 1 is 1.25 bits per heavy atom. The van der Waals surface area contributed by atoms with Gasteiger partial charge in [0, 0.05) is 32.7 Å². The van der Waals surface area contributed by atoms with Gasteiger partial charge in [-0.25, -0.2) is 9.79 Å². The minimum absolute atomic E-state index is 0.223. The van der Waals surface area contributed by atoms with Crippen LogP contribution in [0.3, 0.4) is 0 Å². The molecule has 2 rings (SSSR count). The summed E-state index contributed by atoms with van der Waals surface area (Å²) >= 11 is 1.40. The number of hydrogen-bond acceptors (Lipinski definition) is 6. The van der Waals surface area contributed by atoms with Crippen LogP contribution in [0.5, 0.6) is 0 Å². The molecule has 1 aromatic rings. The summed E-state index contributed by atoms with van der Waals surface area (Å²) in [5.41, 5.74) is 1.61. The Bertz CT molecular complexity index is 714. The van der Waals surface area contributed by atoms with Crippen molar-refractivity contribution in [1.82, 2.24) is 15.1 Å². The third-order valence-corrected chi connectivity index (χ3v) is 4.84. The summed E-state index contributed by atoms with van der Waals surface area (Å²) in [6.45, 7) is 9.74. The molecule has 0 spiro atoms. The first-order chi connectivity index (χ1) is 13.3. The van der Waals surface area contributed by atoms with Crippen molar-refractivity contribution in [2.45, 2.75) is 32.8 Å². The van der Waals surface area contributed by atoms with Gasteiger partial charge >= 0.3 is 6.09 Å². The monoisotopic (exact) mass is 403 g/mol. The highest BCUT2D eigenvalue weighted by atomic mass is 32.2. The van der Waals surface area contributed by atoms with Crippen molar-refractivity contribution >= 4 is 28.7 Å². The van der Waals surface area contributed by atoms with Crippen molar-refractivity contribution in [2.24, 2.45) is 4.99 Å². The van der Waals surface area contributed by atoms with Crippen LogP contribution in [0.25, 0.3) is 0 Å². The molecule has 152 valence electrons. The molecule has 0 bridgehead atoms. The quantitative estimate of drug-likeness (QED) is 0.360. The first kappa shape index (κ1) is 22.1. The molecule has 28 heavy (non-hydrogen) atoms. The molecule has 1 N–H and O–H groups in total.